The Morgan fingerprint density at radius 1 is 1.24 bits per heavy atom. The molecular formula is C15H10BrF2N5O2. The highest BCUT2D eigenvalue weighted by Crippen LogP contribution is 2.19. The molecule has 0 bridgehead atoms. The Hall–Kier alpha value is -2.75. The monoisotopic (exact) mass is 409 g/mol. The average molecular weight is 410 g/mol. The van der Waals surface area contributed by atoms with Gasteiger partial charge in [0.15, 0.2) is 5.82 Å². The van der Waals surface area contributed by atoms with Crippen molar-refractivity contribution in [1.82, 2.24) is 19.7 Å². The molecule has 0 aliphatic heterocycles. The highest BCUT2D eigenvalue weighted by atomic mass is 79.9. The molecule has 25 heavy (non-hydrogen) atoms. The second kappa shape index (κ2) is 7.01. The van der Waals surface area contributed by atoms with Crippen molar-refractivity contribution in [3.05, 3.63) is 56.9 Å². The Labute approximate surface area is 147 Å². The van der Waals surface area contributed by atoms with Crippen molar-refractivity contribution in [2.75, 3.05) is 5.32 Å². The van der Waals surface area contributed by atoms with Crippen molar-refractivity contribution < 1.29 is 13.6 Å². The van der Waals surface area contributed by atoms with Crippen molar-refractivity contribution >= 4 is 38.6 Å². The molecule has 128 valence electrons. The molecule has 0 saturated heterocycles. The van der Waals surface area contributed by atoms with E-state index in [-0.39, 0.29) is 17.0 Å². The molecule has 0 radical (unpaired) electrons. The summed E-state index contributed by atoms with van der Waals surface area (Å²) < 4.78 is 27.5. The van der Waals surface area contributed by atoms with Crippen molar-refractivity contribution in [1.29, 1.82) is 0 Å². The Morgan fingerprint density at radius 2 is 1.96 bits per heavy atom. The van der Waals surface area contributed by atoms with E-state index < -0.39 is 30.5 Å². The number of nitrogens with zero attached hydrogens (tertiary/aromatic N) is 4. The first-order valence-corrected chi connectivity index (χ1v) is 7.80. The van der Waals surface area contributed by atoms with E-state index in [9.17, 15) is 18.4 Å². The quantitative estimate of drug-likeness (QED) is 0.713. The lowest BCUT2D eigenvalue weighted by atomic mass is 10.1. The zero-order valence-corrected chi connectivity index (χ0v) is 14.1. The first-order valence-electron chi connectivity index (χ1n) is 7.00. The van der Waals surface area contributed by atoms with Crippen molar-refractivity contribution in [3.63, 3.8) is 0 Å². The molecule has 1 aromatic carbocycles. The number of rotatable bonds is 4. The summed E-state index contributed by atoms with van der Waals surface area (Å²) in [5.74, 6) is -1.42. The van der Waals surface area contributed by atoms with Crippen LogP contribution in [0.2, 0.25) is 0 Å². The fraction of sp³-hybridized carbons (Fsp3) is 0.133. The normalized spacial score (nSPS) is 10.8. The minimum atomic E-state index is -0.888. The molecule has 1 N–H and O–H groups in total. The van der Waals surface area contributed by atoms with Crippen LogP contribution in [-0.4, -0.2) is 25.7 Å². The first kappa shape index (κ1) is 17.1. The summed E-state index contributed by atoms with van der Waals surface area (Å²) in [7, 11) is 0. The number of halogens is 3. The number of fused-ring (bicyclic) bond motifs is 1. The van der Waals surface area contributed by atoms with Crippen LogP contribution in [0.4, 0.5) is 14.7 Å². The smallest absolute Gasteiger partial charge is 0.275 e. The van der Waals surface area contributed by atoms with Gasteiger partial charge in [-0.3, -0.25) is 14.9 Å². The zero-order valence-electron chi connectivity index (χ0n) is 12.5. The van der Waals surface area contributed by atoms with E-state index in [2.05, 4.69) is 36.3 Å². The highest BCUT2D eigenvalue weighted by Gasteiger charge is 2.14. The van der Waals surface area contributed by atoms with Crippen LogP contribution in [0.25, 0.3) is 10.8 Å². The molecule has 0 spiro atoms. The third kappa shape index (κ3) is 3.68. The molecule has 3 rings (SSSR count). The lowest BCUT2D eigenvalue weighted by Crippen LogP contribution is -2.31. The van der Waals surface area contributed by atoms with Crippen LogP contribution in [0, 0.1) is 5.82 Å². The number of carbonyl (C=O) groups excluding carboxylic acids is 1. The fourth-order valence-corrected chi connectivity index (χ4v) is 2.57. The predicted molar refractivity (Wildman–Crippen MR) is 89.1 cm³/mol. The van der Waals surface area contributed by atoms with Crippen molar-refractivity contribution in [3.8, 4) is 0 Å². The minimum absolute atomic E-state index is 0.0490. The molecule has 0 atom stereocenters. The predicted octanol–water partition coefficient (Wildman–Crippen LogP) is 2.20. The third-order valence-corrected chi connectivity index (χ3v) is 3.78. The van der Waals surface area contributed by atoms with Gasteiger partial charge in [-0.25, -0.2) is 23.4 Å². The topological polar surface area (TPSA) is 89.8 Å². The highest BCUT2D eigenvalue weighted by molar-refractivity contribution is 9.10. The average Bonchev–Trinajstić information content (AvgIpc) is 2.59. The van der Waals surface area contributed by atoms with E-state index in [1.54, 1.807) is 12.1 Å². The molecule has 0 unspecified atom stereocenters. The van der Waals surface area contributed by atoms with Crippen molar-refractivity contribution in [2.24, 2.45) is 0 Å². The van der Waals surface area contributed by atoms with Gasteiger partial charge in [-0.1, -0.05) is 22.0 Å². The Kier molecular flexibility index (Phi) is 4.79. The van der Waals surface area contributed by atoms with E-state index in [1.807, 2.05) is 0 Å². The van der Waals surface area contributed by atoms with Crippen LogP contribution in [-0.2, 0) is 18.0 Å². The molecular weight excluding hydrogens is 400 g/mol. The molecule has 3 aromatic rings. The summed E-state index contributed by atoms with van der Waals surface area (Å²) in [5.41, 5.74) is -0.489. The van der Waals surface area contributed by atoms with Crippen LogP contribution >= 0.6 is 15.9 Å². The maximum atomic E-state index is 13.2. The van der Waals surface area contributed by atoms with Crippen LogP contribution in [0.1, 0.15) is 5.69 Å². The number of nitrogens with one attached hydrogen (secondary N) is 1. The lowest BCUT2D eigenvalue weighted by molar-refractivity contribution is -0.117. The van der Waals surface area contributed by atoms with Gasteiger partial charge in [-0.05, 0) is 12.1 Å². The van der Waals surface area contributed by atoms with Crippen LogP contribution in [0.3, 0.4) is 0 Å². The molecule has 0 aliphatic carbocycles. The van der Waals surface area contributed by atoms with E-state index in [0.29, 0.717) is 9.86 Å². The third-order valence-electron chi connectivity index (χ3n) is 3.29. The van der Waals surface area contributed by atoms with Gasteiger partial charge in [-0.2, -0.15) is 5.10 Å². The Balaban J connectivity index is 1.92. The minimum Gasteiger partial charge on any atom is -0.293 e. The largest absolute Gasteiger partial charge is 0.293 e. The summed E-state index contributed by atoms with van der Waals surface area (Å²) in [6.45, 7) is -1.35. The van der Waals surface area contributed by atoms with Gasteiger partial charge < -0.3 is 0 Å². The molecule has 0 fully saturated rings. The van der Waals surface area contributed by atoms with Gasteiger partial charge >= 0.3 is 0 Å². The van der Waals surface area contributed by atoms with Gasteiger partial charge in [0.1, 0.15) is 18.9 Å². The molecule has 10 heteroatoms. The van der Waals surface area contributed by atoms with Gasteiger partial charge in [-0.15, -0.1) is 0 Å². The number of anilines is 1. The molecule has 0 aliphatic rings. The zero-order chi connectivity index (χ0) is 18.0. The summed E-state index contributed by atoms with van der Waals surface area (Å²) in [6, 6.07) is 4.79. The van der Waals surface area contributed by atoms with Crippen molar-refractivity contribution in [2.45, 2.75) is 13.2 Å². The number of hydrogen-bond donors (Lipinski definition) is 1. The number of alkyl halides is 1. The molecule has 7 nitrogen and oxygen atoms in total. The number of hydrogen-bond acceptors (Lipinski definition) is 5. The maximum absolute atomic E-state index is 13.2. The Morgan fingerprint density at radius 3 is 2.64 bits per heavy atom. The van der Waals surface area contributed by atoms with Crippen LogP contribution in [0.5, 0.6) is 0 Å². The van der Waals surface area contributed by atoms with Gasteiger partial charge in [0.05, 0.1) is 17.8 Å². The van der Waals surface area contributed by atoms with E-state index in [0.717, 1.165) is 17.1 Å². The number of benzene rings is 1. The van der Waals surface area contributed by atoms with E-state index in [4.69, 9.17) is 0 Å². The summed E-state index contributed by atoms with van der Waals surface area (Å²) in [6.07, 6.45) is 1.78. The van der Waals surface area contributed by atoms with Gasteiger partial charge in [0.25, 0.3) is 5.56 Å². The SMILES string of the molecule is O=C(Cn1nc(CF)c2ccc(Br)cc2c1=O)Nc1ncc(F)cn1. The summed E-state index contributed by atoms with van der Waals surface area (Å²) >= 11 is 3.25. The Bertz CT molecular complexity index is 1010. The second-order valence-electron chi connectivity index (χ2n) is 5.01. The number of carbonyl (C=O) groups is 1. The molecule has 2 aromatic heterocycles. The van der Waals surface area contributed by atoms with Gasteiger partial charge in [0.2, 0.25) is 11.9 Å². The fourth-order valence-electron chi connectivity index (χ4n) is 2.21. The second-order valence-corrected chi connectivity index (χ2v) is 5.92. The standard InChI is InChI=1S/C15H10BrF2N5O2/c16-8-1-2-10-11(3-8)14(25)23(22-12(10)4-17)7-13(24)21-15-19-5-9(18)6-20-15/h1-3,5-6H,4,7H2,(H,19,20,21,24). The maximum Gasteiger partial charge on any atom is 0.275 e. The number of aromatic nitrogens is 4. The lowest BCUT2D eigenvalue weighted by Gasteiger charge is -2.09. The summed E-state index contributed by atoms with van der Waals surface area (Å²) in [4.78, 5) is 31.7. The van der Waals surface area contributed by atoms with Crippen LogP contribution in [0.15, 0.2) is 39.9 Å². The number of amides is 1. The molecule has 0 saturated carbocycles. The first-order chi connectivity index (χ1) is 12.0. The molecule has 1 amide bonds. The van der Waals surface area contributed by atoms with E-state index in [1.165, 1.54) is 6.07 Å². The van der Waals surface area contributed by atoms with Gasteiger partial charge in [0, 0.05) is 9.86 Å². The summed E-state index contributed by atoms with van der Waals surface area (Å²) in [5, 5.41) is 6.83. The molecule has 2 heterocycles. The van der Waals surface area contributed by atoms with Crippen LogP contribution < -0.4 is 10.9 Å². The van der Waals surface area contributed by atoms with E-state index >= 15 is 0 Å².